The Balaban J connectivity index is 1.64. The number of benzene rings is 3. The lowest BCUT2D eigenvalue weighted by Crippen LogP contribution is -2.48. The van der Waals surface area contributed by atoms with Crippen molar-refractivity contribution >= 4 is 18.0 Å². The zero-order valence-corrected chi connectivity index (χ0v) is 24.7. The molecule has 3 aromatic carbocycles. The van der Waals surface area contributed by atoms with E-state index in [0.29, 0.717) is 54.6 Å². The molecule has 0 aromatic heterocycles. The zero-order valence-electron chi connectivity index (χ0n) is 24.7. The Kier molecular flexibility index (Phi) is 10.4. The van der Waals surface area contributed by atoms with E-state index in [1.54, 1.807) is 29.2 Å². The molecule has 6 N–H and O–H groups in total. The predicted octanol–water partition coefficient (Wildman–Crippen LogP) is 4.66. The standard InChI is InChI=1S/C33H40FN5O4/c1-22-7-3-8-25(19-22)29-27(10-4-11-28(29)34)33(42,16-6-17-37-32(41)43-2)26-9-5-18-39(21-26)30(40)24-14-12-23(13-15-24)20-38-31(35)36/h3-4,7-8,10-15,19,26,42H,5-6,9,16-18,20-21H2,1-2H3,(H,37,41)(H4,35,36,38)/t26-,33+/m1/s1. The Hall–Kier alpha value is -4.44. The third-order valence-corrected chi connectivity index (χ3v) is 8.04. The minimum absolute atomic E-state index is 0.128. The van der Waals surface area contributed by atoms with Crippen LogP contribution in [0.3, 0.4) is 0 Å². The van der Waals surface area contributed by atoms with E-state index in [4.69, 9.17) is 11.1 Å². The predicted molar refractivity (Wildman–Crippen MR) is 164 cm³/mol. The summed E-state index contributed by atoms with van der Waals surface area (Å²) in [7, 11) is 1.29. The van der Waals surface area contributed by atoms with Crippen LogP contribution >= 0.6 is 0 Å². The number of nitrogens with two attached hydrogens (primary N) is 1. The number of halogens is 1. The summed E-state index contributed by atoms with van der Waals surface area (Å²) in [6, 6.07) is 19.4. The number of guanidine groups is 1. The highest BCUT2D eigenvalue weighted by molar-refractivity contribution is 5.94. The molecule has 228 valence electrons. The summed E-state index contributed by atoms with van der Waals surface area (Å²) in [5.41, 5.74) is 7.73. The number of aryl methyl sites for hydroxylation is 1. The van der Waals surface area contributed by atoms with Crippen LogP contribution in [0.2, 0.25) is 0 Å². The van der Waals surface area contributed by atoms with Gasteiger partial charge >= 0.3 is 6.09 Å². The molecule has 4 rings (SSSR count). The molecule has 0 bridgehead atoms. The topological polar surface area (TPSA) is 141 Å². The minimum atomic E-state index is -1.49. The smallest absolute Gasteiger partial charge is 0.406 e. The number of hydrogen-bond donors (Lipinski definition) is 5. The second-order valence-electron chi connectivity index (χ2n) is 11.0. The lowest BCUT2D eigenvalue weighted by atomic mass is 9.72. The van der Waals surface area contributed by atoms with Gasteiger partial charge in [-0.25, -0.2) is 9.18 Å². The van der Waals surface area contributed by atoms with Gasteiger partial charge < -0.3 is 31.1 Å². The number of hydrogen-bond acceptors (Lipinski definition) is 5. The van der Waals surface area contributed by atoms with E-state index < -0.39 is 17.5 Å². The molecule has 2 atom stereocenters. The third-order valence-electron chi connectivity index (χ3n) is 8.04. The third kappa shape index (κ3) is 7.70. The summed E-state index contributed by atoms with van der Waals surface area (Å²) in [5, 5.41) is 25.3. The maximum atomic E-state index is 15.6. The first-order valence-corrected chi connectivity index (χ1v) is 14.5. The fraction of sp³-hybridized carbons (Fsp3) is 0.364. The molecular formula is C33H40FN5O4. The Bertz CT molecular complexity index is 1450. The Morgan fingerprint density at radius 2 is 1.88 bits per heavy atom. The molecule has 0 unspecified atom stereocenters. The van der Waals surface area contributed by atoms with E-state index in [1.165, 1.54) is 13.2 Å². The molecule has 1 saturated heterocycles. The number of rotatable bonds is 10. The number of ether oxygens (including phenoxy) is 1. The van der Waals surface area contributed by atoms with Crippen LogP contribution in [-0.2, 0) is 16.9 Å². The summed E-state index contributed by atoms with van der Waals surface area (Å²) >= 11 is 0. The van der Waals surface area contributed by atoms with E-state index in [-0.39, 0.29) is 37.3 Å². The molecule has 0 radical (unpaired) electrons. The quantitative estimate of drug-likeness (QED) is 0.132. The van der Waals surface area contributed by atoms with Crippen LogP contribution in [0, 0.1) is 24.1 Å². The van der Waals surface area contributed by atoms with Crippen LogP contribution in [0.15, 0.2) is 66.7 Å². The van der Waals surface area contributed by atoms with Gasteiger partial charge in [-0.3, -0.25) is 10.2 Å². The maximum Gasteiger partial charge on any atom is 0.406 e. The fourth-order valence-electron chi connectivity index (χ4n) is 5.85. The maximum absolute atomic E-state index is 15.6. The Morgan fingerprint density at radius 3 is 2.58 bits per heavy atom. The summed E-state index contributed by atoms with van der Waals surface area (Å²) < 4.78 is 20.3. The Labute approximate surface area is 251 Å². The van der Waals surface area contributed by atoms with Crippen molar-refractivity contribution in [1.29, 1.82) is 5.41 Å². The van der Waals surface area contributed by atoms with Gasteiger partial charge in [-0.15, -0.1) is 0 Å². The molecule has 2 amide bonds. The lowest BCUT2D eigenvalue weighted by molar-refractivity contribution is -0.0564. The highest BCUT2D eigenvalue weighted by atomic mass is 19.1. The lowest BCUT2D eigenvalue weighted by Gasteiger charge is -2.43. The van der Waals surface area contributed by atoms with Crippen LogP contribution in [0.4, 0.5) is 9.18 Å². The normalized spacial score (nSPS) is 16.2. The van der Waals surface area contributed by atoms with Gasteiger partial charge in [0, 0.05) is 43.2 Å². The average molecular weight is 590 g/mol. The molecule has 3 aromatic rings. The number of carbonyl (C=O) groups excluding carboxylic acids is 2. The number of carbonyl (C=O) groups is 2. The number of methoxy groups -OCH3 is 1. The molecule has 1 fully saturated rings. The molecule has 1 aliphatic heterocycles. The van der Waals surface area contributed by atoms with Crippen LogP contribution in [-0.4, -0.2) is 54.7 Å². The molecule has 0 saturated carbocycles. The zero-order chi connectivity index (χ0) is 31.0. The number of alkyl carbamates (subject to hydrolysis) is 1. The monoisotopic (exact) mass is 589 g/mol. The first kappa shape index (κ1) is 31.5. The molecule has 0 spiro atoms. The minimum Gasteiger partial charge on any atom is -0.453 e. The van der Waals surface area contributed by atoms with Gasteiger partial charge in [-0.1, -0.05) is 54.1 Å². The van der Waals surface area contributed by atoms with Gasteiger partial charge in [0.1, 0.15) is 5.82 Å². The summed E-state index contributed by atoms with van der Waals surface area (Å²) in [6.45, 7) is 3.41. The molecule has 43 heavy (non-hydrogen) atoms. The summed E-state index contributed by atoms with van der Waals surface area (Å²) in [5.74, 6) is -1.09. The first-order valence-electron chi connectivity index (χ1n) is 14.5. The molecule has 1 aliphatic rings. The Morgan fingerprint density at radius 1 is 1.14 bits per heavy atom. The van der Waals surface area contributed by atoms with Crippen molar-refractivity contribution < 1.29 is 23.8 Å². The average Bonchev–Trinajstić information content (AvgIpc) is 3.01. The van der Waals surface area contributed by atoms with Crippen molar-refractivity contribution in [2.45, 2.75) is 44.8 Å². The van der Waals surface area contributed by atoms with Crippen LogP contribution < -0.4 is 16.4 Å². The molecule has 1 heterocycles. The summed E-state index contributed by atoms with van der Waals surface area (Å²) in [4.78, 5) is 27.0. The van der Waals surface area contributed by atoms with Gasteiger partial charge in [-0.2, -0.15) is 0 Å². The number of likely N-dealkylation sites (tertiary alicyclic amines) is 1. The molecule has 10 heteroatoms. The van der Waals surface area contributed by atoms with Gasteiger partial charge in [0.05, 0.1) is 12.7 Å². The largest absolute Gasteiger partial charge is 0.453 e. The van der Waals surface area contributed by atoms with Gasteiger partial charge in [0.15, 0.2) is 5.96 Å². The number of amides is 2. The van der Waals surface area contributed by atoms with Crippen molar-refractivity contribution in [3.63, 3.8) is 0 Å². The van der Waals surface area contributed by atoms with Crippen molar-refractivity contribution in [3.8, 4) is 11.1 Å². The van der Waals surface area contributed by atoms with E-state index in [2.05, 4.69) is 15.4 Å². The van der Waals surface area contributed by atoms with Crippen molar-refractivity contribution in [2.24, 2.45) is 11.7 Å². The van der Waals surface area contributed by atoms with E-state index >= 15 is 4.39 Å². The second-order valence-corrected chi connectivity index (χ2v) is 11.0. The molecular weight excluding hydrogens is 549 g/mol. The van der Waals surface area contributed by atoms with E-state index in [9.17, 15) is 14.7 Å². The highest BCUT2D eigenvalue weighted by Crippen LogP contribution is 2.44. The number of nitrogens with one attached hydrogen (secondary N) is 3. The van der Waals surface area contributed by atoms with E-state index in [0.717, 1.165) is 11.1 Å². The van der Waals surface area contributed by atoms with E-state index in [1.807, 2.05) is 43.3 Å². The van der Waals surface area contributed by atoms with Crippen LogP contribution in [0.1, 0.15) is 52.7 Å². The number of nitrogens with zero attached hydrogens (tertiary/aromatic N) is 1. The van der Waals surface area contributed by atoms with Gasteiger partial charge in [0.25, 0.3) is 5.91 Å². The molecule has 9 nitrogen and oxygen atoms in total. The van der Waals surface area contributed by atoms with Gasteiger partial charge in [-0.05, 0) is 67.5 Å². The van der Waals surface area contributed by atoms with Crippen molar-refractivity contribution in [2.75, 3.05) is 26.7 Å². The number of piperidine rings is 1. The van der Waals surface area contributed by atoms with Crippen molar-refractivity contribution in [3.05, 3.63) is 94.8 Å². The van der Waals surface area contributed by atoms with Crippen LogP contribution in [0.25, 0.3) is 11.1 Å². The summed E-state index contributed by atoms with van der Waals surface area (Å²) in [6.07, 6.45) is 1.41. The van der Waals surface area contributed by atoms with Crippen LogP contribution in [0.5, 0.6) is 0 Å². The SMILES string of the molecule is COC(=O)NCCC[C@@](O)(c1cccc(F)c1-c1cccc(C)c1)[C@@H]1CCCN(C(=O)c2ccc(CNC(=N)N)cc2)C1. The molecule has 0 aliphatic carbocycles. The number of aliphatic hydroxyl groups is 1. The second kappa shape index (κ2) is 14.2. The van der Waals surface area contributed by atoms with Crippen molar-refractivity contribution in [1.82, 2.24) is 15.5 Å². The highest BCUT2D eigenvalue weighted by Gasteiger charge is 2.43. The fourth-order valence-corrected chi connectivity index (χ4v) is 5.85. The first-order chi connectivity index (χ1) is 20.6. The van der Waals surface area contributed by atoms with Gasteiger partial charge in [0.2, 0.25) is 0 Å².